The average molecular weight is 268 g/mol. The molecule has 2 amide bonds. The summed E-state index contributed by atoms with van der Waals surface area (Å²) in [7, 11) is 0. The number of anilines is 1. The van der Waals surface area contributed by atoms with Crippen LogP contribution in [-0.4, -0.2) is 11.8 Å². The van der Waals surface area contributed by atoms with Gasteiger partial charge in [0.05, 0.1) is 17.1 Å². The Morgan fingerprint density at radius 2 is 2.17 bits per heavy atom. The van der Waals surface area contributed by atoms with Gasteiger partial charge in [0.15, 0.2) is 0 Å². The molecule has 0 N–H and O–H groups in total. The monoisotopic (exact) mass is 267 g/mol. The van der Waals surface area contributed by atoms with Gasteiger partial charge in [0, 0.05) is 5.57 Å². The molecule has 5 heteroatoms. The van der Waals surface area contributed by atoms with Crippen LogP contribution in [0, 0.1) is 5.82 Å². The molecule has 1 aliphatic rings. The third-order valence-electron chi connectivity index (χ3n) is 2.68. The molecule has 0 atom stereocenters. The second-order valence-corrected chi connectivity index (χ2v) is 4.35. The molecular weight excluding hydrogens is 257 g/mol. The number of halogens is 2. The standard InChI is InChI=1S/C13H11ClFNO2/c1-2-3-8-6-12(17)16(13(8)18)9-4-5-11(15)10(14)7-9/h3-5,7H,2,6H2,1H3. The van der Waals surface area contributed by atoms with Crippen LogP contribution in [0.2, 0.25) is 5.02 Å². The highest BCUT2D eigenvalue weighted by Crippen LogP contribution is 2.29. The molecule has 3 nitrogen and oxygen atoms in total. The third-order valence-corrected chi connectivity index (χ3v) is 2.97. The van der Waals surface area contributed by atoms with Crippen LogP contribution in [0.15, 0.2) is 29.8 Å². The van der Waals surface area contributed by atoms with Crippen LogP contribution >= 0.6 is 11.6 Å². The number of allylic oxidation sites excluding steroid dienone is 1. The number of carbonyl (C=O) groups excluding carboxylic acids is 2. The van der Waals surface area contributed by atoms with Gasteiger partial charge in [-0.05, 0) is 24.6 Å². The highest BCUT2D eigenvalue weighted by atomic mass is 35.5. The highest BCUT2D eigenvalue weighted by Gasteiger charge is 2.34. The van der Waals surface area contributed by atoms with E-state index in [4.69, 9.17) is 11.6 Å². The number of nitrogens with zero attached hydrogens (tertiary/aromatic N) is 1. The van der Waals surface area contributed by atoms with Crippen LogP contribution in [0.3, 0.4) is 0 Å². The maximum atomic E-state index is 13.0. The summed E-state index contributed by atoms with van der Waals surface area (Å²) in [5.41, 5.74) is 0.777. The number of hydrogen-bond acceptors (Lipinski definition) is 2. The van der Waals surface area contributed by atoms with Gasteiger partial charge < -0.3 is 0 Å². The molecule has 0 aromatic heterocycles. The van der Waals surface area contributed by atoms with Crippen LogP contribution in [0.5, 0.6) is 0 Å². The Balaban J connectivity index is 2.39. The molecule has 0 radical (unpaired) electrons. The van der Waals surface area contributed by atoms with E-state index in [9.17, 15) is 14.0 Å². The van der Waals surface area contributed by atoms with Crippen molar-refractivity contribution in [3.8, 4) is 0 Å². The predicted molar refractivity (Wildman–Crippen MR) is 66.9 cm³/mol. The predicted octanol–water partition coefficient (Wildman–Crippen LogP) is 3.08. The zero-order chi connectivity index (χ0) is 13.3. The smallest absolute Gasteiger partial charge is 0.261 e. The molecule has 94 valence electrons. The maximum Gasteiger partial charge on any atom is 0.261 e. The third kappa shape index (κ3) is 2.16. The van der Waals surface area contributed by atoms with Crippen LogP contribution in [0.1, 0.15) is 19.8 Å². The van der Waals surface area contributed by atoms with Gasteiger partial charge in [-0.15, -0.1) is 0 Å². The molecule has 1 fully saturated rings. The van der Waals surface area contributed by atoms with E-state index in [0.717, 1.165) is 11.0 Å². The molecule has 0 aliphatic carbocycles. The molecule has 1 aromatic rings. The number of hydrogen-bond donors (Lipinski definition) is 0. The fraction of sp³-hybridized carbons (Fsp3) is 0.231. The van der Waals surface area contributed by atoms with Gasteiger partial charge in [-0.1, -0.05) is 24.6 Å². The largest absolute Gasteiger partial charge is 0.274 e. The summed E-state index contributed by atoms with van der Waals surface area (Å²) in [6.07, 6.45) is 2.50. The first-order valence-electron chi connectivity index (χ1n) is 5.56. The fourth-order valence-electron chi connectivity index (χ4n) is 1.87. The lowest BCUT2D eigenvalue weighted by Gasteiger charge is -2.13. The minimum atomic E-state index is -0.580. The number of imide groups is 1. The molecule has 0 unspecified atom stereocenters. The SMILES string of the molecule is CCC=C1CC(=O)N(c2ccc(F)c(Cl)c2)C1=O. The zero-order valence-corrected chi connectivity index (χ0v) is 10.5. The van der Waals surface area contributed by atoms with E-state index < -0.39 is 5.82 Å². The van der Waals surface area contributed by atoms with Crippen LogP contribution < -0.4 is 4.90 Å². The summed E-state index contributed by atoms with van der Waals surface area (Å²) >= 11 is 5.65. The lowest BCUT2D eigenvalue weighted by molar-refractivity contribution is -0.120. The van der Waals surface area contributed by atoms with Gasteiger partial charge in [0.2, 0.25) is 5.91 Å². The molecule has 18 heavy (non-hydrogen) atoms. The Bertz CT molecular complexity index is 554. The molecule has 0 spiro atoms. The Morgan fingerprint density at radius 1 is 1.44 bits per heavy atom. The van der Waals surface area contributed by atoms with Gasteiger partial charge in [-0.3, -0.25) is 9.59 Å². The average Bonchev–Trinajstić information content (AvgIpc) is 2.59. The summed E-state index contributed by atoms with van der Waals surface area (Å²) in [6.45, 7) is 1.89. The van der Waals surface area contributed by atoms with Crippen LogP contribution in [0.25, 0.3) is 0 Å². The number of benzene rings is 1. The van der Waals surface area contributed by atoms with Crippen molar-refractivity contribution in [2.45, 2.75) is 19.8 Å². The van der Waals surface area contributed by atoms with Gasteiger partial charge in [0.1, 0.15) is 5.82 Å². The second kappa shape index (κ2) is 4.90. The van der Waals surface area contributed by atoms with Crippen molar-refractivity contribution in [2.75, 3.05) is 4.90 Å². The Hall–Kier alpha value is -1.68. The molecular formula is C13H11ClFNO2. The number of amides is 2. The molecule has 0 bridgehead atoms. The van der Waals surface area contributed by atoms with Crippen molar-refractivity contribution in [3.63, 3.8) is 0 Å². The Kier molecular flexibility index (Phi) is 3.48. The topological polar surface area (TPSA) is 37.4 Å². The lowest BCUT2D eigenvalue weighted by atomic mass is 10.2. The van der Waals surface area contributed by atoms with E-state index >= 15 is 0 Å². The molecule has 0 saturated carbocycles. The second-order valence-electron chi connectivity index (χ2n) is 3.95. The van der Waals surface area contributed by atoms with E-state index in [2.05, 4.69) is 0 Å². The van der Waals surface area contributed by atoms with Gasteiger partial charge in [0.25, 0.3) is 5.91 Å². The minimum absolute atomic E-state index is 0.0850. The lowest BCUT2D eigenvalue weighted by Crippen LogP contribution is -2.28. The fourth-order valence-corrected chi connectivity index (χ4v) is 2.04. The quantitative estimate of drug-likeness (QED) is 0.610. The molecule has 1 aromatic carbocycles. The summed E-state index contributed by atoms with van der Waals surface area (Å²) < 4.78 is 13.0. The van der Waals surface area contributed by atoms with Crippen molar-refractivity contribution < 1.29 is 14.0 Å². The minimum Gasteiger partial charge on any atom is -0.274 e. The first-order chi connectivity index (χ1) is 8.54. The molecule has 2 rings (SSSR count). The molecule has 1 aliphatic heterocycles. The number of carbonyl (C=O) groups is 2. The molecule has 1 saturated heterocycles. The Morgan fingerprint density at radius 3 is 2.78 bits per heavy atom. The molecule has 1 heterocycles. The van der Waals surface area contributed by atoms with Crippen molar-refractivity contribution >= 4 is 29.1 Å². The maximum absolute atomic E-state index is 13.0. The van der Waals surface area contributed by atoms with Gasteiger partial charge >= 0.3 is 0 Å². The highest BCUT2D eigenvalue weighted by molar-refractivity contribution is 6.32. The van der Waals surface area contributed by atoms with Crippen molar-refractivity contribution in [3.05, 3.63) is 40.7 Å². The van der Waals surface area contributed by atoms with Crippen LogP contribution in [-0.2, 0) is 9.59 Å². The summed E-state index contributed by atoms with van der Waals surface area (Å²) in [4.78, 5) is 24.8. The van der Waals surface area contributed by atoms with Crippen LogP contribution in [0.4, 0.5) is 10.1 Å². The van der Waals surface area contributed by atoms with Gasteiger partial charge in [-0.25, -0.2) is 9.29 Å². The van der Waals surface area contributed by atoms with E-state index in [1.165, 1.54) is 12.1 Å². The Labute approximate surface area is 109 Å². The van der Waals surface area contributed by atoms with E-state index in [-0.39, 0.29) is 23.3 Å². The van der Waals surface area contributed by atoms with Crippen molar-refractivity contribution in [1.82, 2.24) is 0 Å². The first-order valence-corrected chi connectivity index (χ1v) is 5.93. The first kappa shape index (κ1) is 12.8. The summed E-state index contributed by atoms with van der Waals surface area (Å²) in [6, 6.07) is 3.78. The van der Waals surface area contributed by atoms with E-state index in [1.807, 2.05) is 6.92 Å². The van der Waals surface area contributed by atoms with Crippen molar-refractivity contribution in [2.24, 2.45) is 0 Å². The number of rotatable bonds is 2. The van der Waals surface area contributed by atoms with Gasteiger partial charge in [-0.2, -0.15) is 0 Å². The summed E-state index contributed by atoms with van der Waals surface area (Å²) in [5, 5.41) is -0.110. The van der Waals surface area contributed by atoms with Crippen molar-refractivity contribution in [1.29, 1.82) is 0 Å². The zero-order valence-electron chi connectivity index (χ0n) is 9.74. The van der Waals surface area contributed by atoms with E-state index in [1.54, 1.807) is 6.08 Å². The normalized spacial score (nSPS) is 17.9. The van der Waals surface area contributed by atoms with E-state index in [0.29, 0.717) is 17.7 Å². The summed E-state index contributed by atoms with van der Waals surface area (Å²) in [5.74, 6) is -1.25.